The van der Waals surface area contributed by atoms with Gasteiger partial charge in [0.2, 0.25) is 0 Å². The van der Waals surface area contributed by atoms with E-state index in [1.165, 1.54) is 11.1 Å². The minimum atomic E-state index is -0.497. The van der Waals surface area contributed by atoms with Crippen LogP contribution in [0.1, 0.15) is 30.9 Å². The number of aryl methyl sites for hydroxylation is 1. The van der Waals surface area contributed by atoms with Gasteiger partial charge in [0.05, 0.1) is 0 Å². The topological polar surface area (TPSA) is 35.9 Å². The number of aliphatic hydroxyl groups is 1. The average molecular weight is 403 g/mol. The molecule has 0 saturated carbocycles. The lowest BCUT2D eigenvalue weighted by Crippen LogP contribution is -2.49. The van der Waals surface area contributed by atoms with E-state index in [4.69, 9.17) is 16.3 Å². The molecular formula is C23H31ClN2O2. The molecule has 1 aliphatic heterocycles. The van der Waals surface area contributed by atoms with E-state index in [-0.39, 0.29) is 0 Å². The number of hydrogen-bond donors (Lipinski definition) is 1. The van der Waals surface area contributed by atoms with Crippen molar-refractivity contribution in [3.8, 4) is 5.75 Å². The van der Waals surface area contributed by atoms with Crippen molar-refractivity contribution in [2.45, 2.75) is 32.8 Å². The molecule has 1 N–H and O–H groups in total. The van der Waals surface area contributed by atoms with Crippen LogP contribution >= 0.6 is 11.6 Å². The van der Waals surface area contributed by atoms with Gasteiger partial charge in [-0.05, 0) is 54.3 Å². The number of ether oxygens (including phenoxy) is 1. The summed E-state index contributed by atoms with van der Waals surface area (Å²) in [6, 6.07) is 14.2. The van der Waals surface area contributed by atoms with Crippen molar-refractivity contribution in [3.63, 3.8) is 0 Å². The molecule has 1 aliphatic rings. The van der Waals surface area contributed by atoms with Gasteiger partial charge in [-0.15, -0.1) is 0 Å². The molecule has 1 heterocycles. The first-order valence-corrected chi connectivity index (χ1v) is 10.4. The first-order valence-electron chi connectivity index (χ1n) is 10.1. The number of rotatable bonds is 7. The van der Waals surface area contributed by atoms with Crippen LogP contribution in [0.3, 0.4) is 0 Å². The zero-order valence-corrected chi connectivity index (χ0v) is 17.8. The van der Waals surface area contributed by atoms with Crippen LogP contribution < -0.4 is 9.64 Å². The molecule has 5 heteroatoms. The van der Waals surface area contributed by atoms with Crippen LogP contribution in [0.15, 0.2) is 42.5 Å². The maximum Gasteiger partial charge on any atom is 0.119 e. The van der Waals surface area contributed by atoms with Crippen molar-refractivity contribution in [2.24, 2.45) is 0 Å². The molecule has 1 fully saturated rings. The Balaban J connectivity index is 1.43. The Morgan fingerprint density at radius 3 is 2.46 bits per heavy atom. The van der Waals surface area contributed by atoms with Crippen molar-refractivity contribution >= 4 is 17.3 Å². The number of benzene rings is 2. The number of aliphatic hydroxyl groups excluding tert-OH is 1. The van der Waals surface area contributed by atoms with E-state index >= 15 is 0 Å². The molecule has 4 nitrogen and oxygen atoms in total. The van der Waals surface area contributed by atoms with E-state index in [2.05, 4.69) is 48.8 Å². The Bertz CT molecular complexity index is 773. The highest BCUT2D eigenvalue weighted by molar-refractivity contribution is 6.30. The minimum absolute atomic E-state index is 0.314. The number of halogens is 1. The quantitative estimate of drug-likeness (QED) is 0.747. The largest absolute Gasteiger partial charge is 0.491 e. The number of piperazine rings is 1. The van der Waals surface area contributed by atoms with Gasteiger partial charge in [0.1, 0.15) is 18.5 Å². The Morgan fingerprint density at radius 2 is 1.82 bits per heavy atom. The second kappa shape index (κ2) is 9.64. The molecule has 0 aliphatic carbocycles. The highest BCUT2D eigenvalue weighted by Gasteiger charge is 2.20. The molecular weight excluding hydrogens is 372 g/mol. The highest BCUT2D eigenvalue weighted by Crippen LogP contribution is 2.24. The normalized spacial score (nSPS) is 16.4. The van der Waals surface area contributed by atoms with Crippen molar-refractivity contribution in [3.05, 3.63) is 58.6 Å². The summed E-state index contributed by atoms with van der Waals surface area (Å²) in [5, 5.41) is 11.2. The summed E-state index contributed by atoms with van der Waals surface area (Å²) in [4.78, 5) is 4.63. The third-order valence-corrected chi connectivity index (χ3v) is 5.56. The Morgan fingerprint density at radius 1 is 1.07 bits per heavy atom. The molecule has 0 spiro atoms. The average Bonchev–Trinajstić information content (AvgIpc) is 2.67. The first kappa shape index (κ1) is 21.0. The van der Waals surface area contributed by atoms with Gasteiger partial charge in [-0.25, -0.2) is 0 Å². The lowest BCUT2D eigenvalue weighted by molar-refractivity contribution is 0.0663. The number of nitrogens with zero attached hydrogens (tertiary/aromatic N) is 2. The Hall–Kier alpha value is -1.75. The molecule has 0 amide bonds. The third kappa shape index (κ3) is 5.63. The van der Waals surface area contributed by atoms with E-state index in [9.17, 15) is 5.11 Å². The van der Waals surface area contributed by atoms with Gasteiger partial charge in [0.25, 0.3) is 0 Å². The summed E-state index contributed by atoms with van der Waals surface area (Å²) in [6.45, 7) is 11.2. The zero-order chi connectivity index (χ0) is 20.1. The summed E-state index contributed by atoms with van der Waals surface area (Å²) in [5.41, 5.74) is 3.74. The molecule has 2 aromatic carbocycles. The molecule has 28 heavy (non-hydrogen) atoms. The number of hydrogen-bond acceptors (Lipinski definition) is 4. The van der Waals surface area contributed by atoms with Crippen LogP contribution in [0.4, 0.5) is 5.69 Å². The van der Waals surface area contributed by atoms with E-state index < -0.39 is 6.10 Å². The molecule has 3 rings (SSSR count). The summed E-state index contributed by atoms with van der Waals surface area (Å²) < 4.78 is 5.83. The van der Waals surface area contributed by atoms with Crippen LogP contribution in [-0.4, -0.2) is 55.4 Å². The van der Waals surface area contributed by atoms with Gasteiger partial charge >= 0.3 is 0 Å². The molecule has 0 bridgehead atoms. The Labute approximate surface area is 173 Å². The molecule has 0 radical (unpaired) electrons. The first-order chi connectivity index (χ1) is 13.4. The van der Waals surface area contributed by atoms with Crippen LogP contribution in [0.5, 0.6) is 5.75 Å². The van der Waals surface area contributed by atoms with Gasteiger partial charge in [0.15, 0.2) is 0 Å². The third-order valence-electron chi connectivity index (χ3n) is 5.32. The maximum absolute atomic E-state index is 10.4. The standard InChI is InChI=1S/C23H31ClN2O2/c1-17(2)23-8-7-22(13-18(23)3)28-16-21(27)15-25-9-11-26(12-10-25)20-6-4-5-19(24)14-20/h4-8,13-14,17,21,27H,9-12,15-16H2,1-3H3/t21-/m1/s1. The molecule has 0 aromatic heterocycles. The maximum atomic E-state index is 10.4. The van der Waals surface area contributed by atoms with Crippen LogP contribution in [0.2, 0.25) is 5.02 Å². The summed E-state index contributed by atoms with van der Waals surface area (Å²) in [7, 11) is 0. The van der Waals surface area contributed by atoms with Crippen molar-refractivity contribution < 1.29 is 9.84 Å². The second-order valence-corrected chi connectivity index (χ2v) is 8.34. The van der Waals surface area contributed by atoms with E-state index in [1.54, 1.807) is 0 Å². The fraction of sp³-hybridized carbons (Fsp3) is 0.478. The molecule has 1 atom stereocenters. The number of β-amino-alcohol motifs (C(OH)–C–C–N with tert-alkyl or cyclic N) is 1. The van der Waals surface area contributed by atoms with Crippen molar-refractivity contribution in [1.29, 1.82) is 0 Å². The zero-order valence-electron chi connectivity index (χ0n) is 17.1. The lowest BCUT2D eigenvalue weighted by Gasteiger charge is -2.36. The molecule has 2 aromatic rings. The van der Waals surface area contributed by atoms with Gasteiger partial charge in [-0.1, -0.05) is 37.6 Å². The Kier molecular flexibility index (Phi) is 7.22. The van der Waals surface area contributed by atoms with Crippen LogP contribution in [-0.2, 0) is 0 Å². The predicted molar refractivity (Wildman–Crippen MR) is 117 cm³/mol. The van der Waals surface area contributed by atoms with E-state index in [0.29, 0.717) is 19.1 Å². The van der Waals surface area contributed by atoms with Crippen LogP contribution in [0.25, 0.3) is 0 Å². The monoisotopic (exact) mass is 402 g/mol. The summed E-state index contributed by atoms with van der Waals surface area (Å²) >= 11 is 6.10. The van der Waals surface area contributed by atoms with E-state index in [0.717, 1.165) is 42.6 Å². The SMILES string of the molecule is Cc1cc(OC[C@H](O)CN2CCN(c3cccc(Cl)c3)CC2)ccc1C(C)C. The van der Waals surface area contributed by atoms with Crippen LogP contribution in [0, 0.1) is 6.92 Å². The van der Waals surface area contributed by atoms with Gasteiger partial charge in [-0.3, -0.25) is 4.90 Å². The van der Waals surface area contributed by atoms with Gasteiger partial charge in [-0.2, -0.15) is 0 Å². The summed E-state index contributed by atoms with van der Waals surface area (Å²) in [6.07, 6.45) is -0.497. The summed E-state index contributed by atoms with van der Waals surface area (Å²) in [5.74, 6) is 1.33. The van der Waals surface area contributed by atoms with Gasteiger partial charge in [0, 0.05) is 43.4 Å². The van der Waals surface area contributed by atoms with E-state index in [1.807, 2.05) is 24.3 Å². The molecule has 1 saturated heterocycles. The minimum Gasteiger partial charge on any atom is -0.491 e. The fourth-order valence-corrected chi connectivity index (χ4v) is 3.97. The highest BCUT2D eigenvalue weighted by atomic mass is 35.5. The van der Waals surface area contributed by atoms with Crippen molar-refractivity contribution in [2.75, 3.05) is 44.2 Å². The fourth-order valence-electron chi connectivity index (χ4n) is 3.79. The smallest absolute Gasteiger partial charge is 0.119 e. The lowest BCUT2D eigenvalue weighted by atomic mass is 9.98. The van der Waals surface area contributed by atoms with Crippen molar-refractivity contribution in [1.82, 2.24) is 4.90 Å². The second-order valence-electron chi connectivity index (χ2n) is 7.91. The molecule has 152 valence electrons. The predicted octanol–water partition coefficient (Wildman–Crippen LogP) is 4.33. The number of anilines is 1. The molecule has 0 unspecified atom stereocenters. The van der Waals surface area contributed by atoms with Gasteiger partial charge < -0.3 is 14.7 Å².